The van der Waals surface area contributed by atoms with Crippen molar-refractivity contribution >= 4 is 20.0 Å². The van der Waals surface area contributed by atoms with Gasteiger partial charge in [0.1, 0.15) is 5.76 Å². The Bertz CT molecular complexity index is 677. The quantitative estimate of drug-likeness (QED) is 0.840. The molecule has 0 amide bonds. The summed E-state index contributed by atoms with van der Waals surface area (Å²) in [6, 6.07) is 2.41. The van der Waals surface area contributed by atoms with Gasteiger partial charge in [-0.25, -0.2) is 21.6 Å². The molecule has 9 heteroatoms. The van der Waals surface area contributed by atoms with E-state index in [0.29, 0.717) is 25.1 Å². The molecule has 0 saturated carbocycles. The lowest BCUT2D eigenvalue weighted by molar-refractivity contribution is 0.369. The molecule has 0 aliphatic carbocycles. The van der Waals surface area contributed by atoms with Gasteiger partial charge < -0.3 is 4.42 Å². The van der Waals surface area contributed by atoms with E-state index in [1.54, 1.807) is 13.0 Å². The van der Waals surface area contributed by atoms with Crippen LogP contribution in [0.4, 0.5) is 0 Å². The van der Waals surface area contributed by atoms with Crippen LogP contribution in [0.1, 0.15) is 18.6 Å². The number of nitrogens with zero attached hydrogens (tertiary/aromatic N) is 1. The summed E-state index contributed by atoms with van der Waals surface area (Å²) in [5, 5.41) is -0.135. The van der Waals surface area contributed by atoms with E-state index in [9.17, 15) is 16.8 Å². The topological polar surface area (TPSA) is 96.7 Å². The lowest BCUT2D eigenvalue weighted by Crippen LogP contribution is -2.41. The molecule has 1 saturated heterocycles. The molecule has 1 aromatic heterocycles. The first kappa shape index (κ1) is 15.5. The van der Waals surface area contributed by atoms with Crippen LogP contribution in [0.2, 0.25) is 0 Å². The molecule has 0 bridgehead atoms. The van der Waals surface area contributed by atoms with Crippen LogP contribution < -0.4 is 4.72 Å². The van der Waals surface area contributed by atoms with Crippen molar-refractivity contribution in [1.29, 1.82) is 0 Å². The van der Waals surface area contributed by atoms with Gasteiger partial charge >= 0.3 is 0 Å². The van der Waals surface area contributed by atoms with Crippen molar-refractivity contribution in [2.24, 2.45) is 0 Å². The van der Waals surface area contributed by atoms with Crippen LogP contribution in [0.25, 0.3) is 0 Å². The summed E-state index contributed by atoms with van der Waals surface area (Å²) < 4.78 is 56.7. The molecule has 1 aliphatic rings. The van der Waals surface area contributed by atoms with E-state index >= 15 is 0 Å². The Morgan fingerprint density at radius 3 is 2.60 bits per heavy atom. The predicted molar refractivity (Wildman–Crippen MR) is 73.2 cm³/mol. The maximum absolute atomic E-state index is 12.4. The summed E-state index contributed by atoms with van der Waals surface area (Å²) in [4.78, 5) is 0. The number of aryl methyl sites for hydroxylation is 1. The van der Waals surface area contributed by atoms with Gasteiger partial charge in [0, 0.05) is 12.6 Å². The molecule has 0 spiro atoms. The van der Waals surface area contributed by atoms with Gasteiger partial charge in [-0.2, -0.15) is 4.31 Å². The zero-order chi connectivity index (χ0) is 15.0. The van der Waals surface area contributed by atoms with Crippen molar-refractivity contribution in [3.05, 3.63) is 17.9 Å². The van der Waals surface area contributed by atoms with E-state index in [1.807, 2.05) is 0 Å². The van der Waals surface area contributed by atoms with Crippen molar-refractivity contribution < 1.29 is 21.3 Å². The Morgan fingerprint density at radius 2 is 2.05 bits per heavy atom. The Morgan fingerprint density at radius 1 is 1.35 bits per heavy atom. The van der Waals surface area contributed by atoms with Crippen LogP contribution in [-0.2, 0) is 20.0 Å². The Balaban J connectivity index is 2.27. The second-order valence-electron chi connectivity index (χ2n) is 4.76. The number of sulfonamides is 2. The molecular formula is C11H18N2O5S2. The maximum atomic E-state index is 12.4. The minimum Gasteiger partial charge on any atom is -0.449 e. The predicted octanol–water partition coefficient (Wildman–Crippen LogP) is 0.290. The summed E-state index contributed by atoms with van der Waals surface area (Å²) in [7, 11) is -5.91. The molecular weight excluding hydrogens is 304 g/mol. The van der Waals surface area contributed by atoms with Crippen LogP contribution >= 0.6 is 0 Å². The van der Waals surface area contributed by atoms with Gasteiger partial charge in [0.2, 0.25) is 15.1 Å². The largest absolute Gasteiger partial charge is 0.449 e. The molecule has 1 fully saturated rings. The normalized spacial score (nSPS) is 21.4. The van der Waals surface area contributed by atoms with E-state index in [4.69, 9.17) is 4.42 Å². The summed E-state index contributed by atoms with van der Waals surface area (Å²) >= 11 is 0. The third kappa shape index (κ3) is 3.05. The van der Waals surface area contributed by atoms with Gasteiger partial charge in [-0.3, -0.25) is 0 Å². The van der Waals surface area contributed by atoms with Crippen molar-refractivity contribution in [2.75, 3.05) is 19.3 Å². The standard InChI is InChI=1S/C11H18N2O5S2/c1-9-5-6-11(18-9)20(16,17)13-7-3-4-10(13)8-19(14,15)12-2/h5-6,10,12H,3-4,7-8H2,1-2H3. The van der Waals surface area contributed by atoms with E-state index in [1.165, 1.54) is 17.4 Å². The smallest absolute Gasteiger partial charge is 0.276 e. The second kappa shape index (κ2) is 5.47. The molecule has 1 aromatic rings. The van der Waals surface area contributed by atoms with E-state index in [0.717, 1.165) is 0 Å². The highest BCUT2D eigenvalue weighted by Crippen LogP contribution is 2.27. The van der Waals surface area contributed by atoms with Gasteiger partial charge in [0.15, 0.2) is 0 Å². The zero-order valence-corrected chi connectivity index (χ0v) is 13.0. The van der Waals surface area contributed by atoms with Crippen molar-refractivity contribution in [3.8, 4) is 0 Å². The number of hydrogen-bond donors (Lipinski definition) is 1. The SMILES string of the molecule is CNS(=O)(=O)CC1CCCN1S(=O)(=O)c1ccc(C)o1. The van der Waals surface area contributed by atoms with Crippen molar-refractivity contribution in [2.45, 2.75) is 30.9 Å². The van der Waals surface area contributed by atoms with Crippen LogP contribution in [0.5, 0.6) is 0 Å². The molecule has 1 aliphatic heterocycles. The average molecular weight is 322 g/mol. The third-order valence-corrected chi connectivity index (χ3v) is 6.60. The third-order valence-electron chi connectivity index (χ3n) is 3.32. The monoisotopic (exact) mass is 322 g/mol. The molecule has 2 rings (SSSR count). The van der Waals surface area contributed by atoms with E-state index < -0.39 is 26.1 Å². The molecule has 0 aromatic carbocycles. The first-order chi connectivity index (χ1) is 9.26. The van der Waals surface area contributed by atoms with Crippen LogP contribution in [0.3, 0.4) is 0 Å². The number of rotatable bonds is 5. The molecule has 2 heterocycles. The fraction of sp³-hybridized carbons (Fsp3) is 0.636. The molecule has 7 nitrogen and oxygen atoms in total. The summed E-state index contributed by atoms with van der Waals surface area (Å²) in [6.45, 7) is 1.97. The highest BCUT2D eigenvalue weighted by atomic mass is 32.2. The fourth-order valence-corrected chi connectivity index (χ4v) is 5.06. The molecule has 114 valence electrons. The number of nitrogens with one attached hydrogen (secondary N) is 1. The minimum absolute atomic E-state index is 0.135. The summed E-state index contributed by atoms with van der Waals surface area (Å²) in [5.41, 5.74) is 0. The van der Waals surface area contributed by atoms with Gasteiger partial charge in [-0.05, 0) is 38.9 Å². The lowest BCUT2D eigenvalue weighted by Gasteiger charge is -2.22. The first-order valence-electron chi connectivity index (χ1n) is 6.26. The van der Waals surface area contributed by atoms with E-state index in [2.05, 4.69) is 4.72 Å². The van der Waals surface area contributed by atoms with Crippen LogP contribution in [0.15, 0.2) is 21.6 Å². The maximum Gasteiger partial charge on any atom is 0.276 e. The lowest BCUT2D eigenvalue weighted by atomic mass is 10.3. The van der Waals surface area contributed by atoms with Gasteiger partial charge in [-0.1, -0.05) is 0 Å². The zero-order valence-electron chi connectivity index (χ0n) is 11.4. The van der Waals surface area contributed by atoms with E-state index in [-0.39, 0.29) is 10.8 Å². The van der Waals surface area contributed by atoms with Gasteiger partial charge in [0.05, 0.1) is 5.75 Å². The van der Waals surface area contributed by atoms with Gasteiger partial charge in [-0.15, -0.1) is 0 Å². The Hall–Kier alpha value is -0.900. The average Bonchev–Trinajstić information content (AvgIpc) is 2.98. The van der Waals surface area contributed by atoms with Gasteiger partial charge in [0.25, 0.3) is 10.0 Å². The molecule has 1 N–H and O–H groups in total. The number of hydrogen-bond acceptors (Lipinski definition) is 5. The van der Waals surface area contributed by atoms with Crippen LogP contribution in [0, 0.1) is 6.92 Å². The molecule has 1 unspecified atom stereocenters. The van der Waals surface area contributed by atoms with Crippen molar-refractivity contribution in [3.63, 3.8) is 0 Å². The Kier molecular flexibility index (Phi) is 4.24. The summed E-state index contributed by atoms with van der Waals surface area (Å²) in [6.07, 6.45) is 1.17. The minimum atomic E-state index is -3.77. The fourth-order valence-electron chi connectivity index (χ4n) is 2.30. The highest BCUT2D eigenvalue weighted by molar-refractivity contribution is 7.90. The molecule has 20 heavy (non-hydrogen) atoms. The van der Waals surface area contributed by atoms with Crippen LogP contribution in [-0.4, -0.2) is 46.5 Å². The Labute approximate surface area is 119 Å². The first-order valence-corrected chi connectivity index (χ1v) is 9.35. The second-order valence-corrected chi connectivity index (χ2v) is 8.56. The molecule has 0 radical (unpaired) electrons. The molecule has 1 atom stereocenters. The summed E-state index contributed by atoms with van der Waals surface area (Å²) in [5.74, 6) is 0.268. The number of furan rings is 1. The highest BCUT2D eigenvalue weighted by Gasteiger charge is 2.38. The van der Waals surface area contributed by atoms with Crippen molar-refractivity contribution in [1.82, 2.24) is 9.03 Å².